The molecule has 8 heteroatoms. The van der Waals surface area contributed by atoms with Gasteiger partial charge in [0.05, 0.1) is 10.6 Å². The second-order valence-electron chi connectivity index (χ2n) is 3.80. The molecule has 2 rings (SSSR count). The van der Waals surface area contributed by atoms with Gasteiger partial charge in [-0.15, -0.1) is 0 Å². The van der Waals surface area contributed by atoms with Crippen molar-refractivity contribution in [3.05, 3.63) is 32.4 Å². The maximum Gasteiger partial charge on any atom is 0.259 e. The zero-order valence-corrected chi connectivity index (χ0v) is 13.0. The Morgan fingerprint density at radius 3 is 3.05 bits per heavy atom. The molecular weight excluding hydrogens is 381 g/mol. The van der Waals surface area contributed by atoms with Crippen molar-refractivity contribution in [3.8, 4) is 0 Å². The van der Waals surface area contributed by atoms with Crippen LogP contribution in [0.5, 0.6) is 0 Å². The molecule has 0 bridgehead atoms. The Bertz CT molecular complexity index is 601. The van der Waals surface area contributed by atoms with Crippen molar-refractivity contribution in [2.75, 3.05) is 5.32 Å². The molecule has 0 aliphatic heterocycles. The molecule has 0 aliphatic carbocycles. The number of carbonyl (C=O) groups excluding carboxylic acids is 1. The highest BCUT2D eigenvalue weighted by atomic mass is 127. The second kappa shape index (κ2) is 6.29. The lowest BCUT2D eigenvalue weighted by Gasteiger charge is -2.06. The van der Waals surface area contributed by atoms with Crippen molar-refractivity contribution >= 4 is 46.0 Å². The smallest absolute Gasteiger partial charge is 0.259 e. The molecule has 0 unspecified atom stereocenters. The Labute approximate surface area is 128 Å². The van der Waals surface area contributed by atoms with Crippen LogP contribution in [0.15, 0.2) is 18.2 Å². The summed E-state index contributed by atoms with van der Waals surface area (Å²) in [5.74, 6) is -0.00236. The summed E-state index contributed by atoms with van der Waals surface area (Å²) in [5, 5.41) is 14.2. The van der Waals surface area contributed by atoms with Crippen LogP contribution >= 0.6 is 34.2 Å². The second-order valence-corrected chi connectivity index (χ2v) is 5.46. The quantitative estimate of drug-likeness (QED) is 0.813. The van der Waals surface area contributed by atoms with Crippen molar-refractivity contribution < 1.29 is 4.79 Å². The maximum absolute atomic E-state index is 12.1. The third-order valence-electron chi connectivity index (χ3n) is 2.37. The fourth-order valence-electron chi connectivity index (χ4n) is 1.50. The van der Waals surface area contributed by atoms with Gasteiger partial charge in [0.25, 0.3) is 5.91 Å². The van der Waals surface area contributed by atoms with Crippen LogP contribution < -0.4 is 5.32 Å². The first kappa shape index (κ1) is 14.2. The Morgan fingerprint density at radius 1 is 1.53 bits per heavy atom. The largest absolute Gasteiger partial charge is 0.289 e. The fraction of sp³-hybridized carbons (Fsp3) is 0.273. The normalized spacial score (nSPS) is 10.5. The molecule has 1 heterocycles. The van der Waals surface area contributed by atoms with E-state index < -0.39 is 0 Å². The molecule has 0 radical (unpaired) electrons. The summed E-state index contributed by atoms with van der Waals surface area (Å²) in [4.78, 5) is 12.1. The molecule has 1 N–H and O–H groups in total. The highest BCUT2D eigenvalue weighted by molar-refractivity contribution is 14.1. The number of halogens is 2. The summed E-state index contributed by atoms with van der Waals surface area (Å²) >= 11 is 8.13. The SMILES string of the molecule is CCCn1nnnc1NC(=O)c1cc(I)ccc1Cl. The van der Waals surface area contributed by atoms with Gasteiger partial charge in [0.2, 0.25) is 5.95 Å². The molecule has 0 fully saturated rings. The summed E-state index contributed by atoms with van der Waals surface area (Å²) in [7, 11) is 0. The van der Waals surface area contributed by atoms with E-state index in [0.29, 0.717) is 23.1 Å². The topological polar surface area (TPSA) is 72.7 Å². The van der Waals surface area contributed by atoms with Gasteiger partial charge in [-0.1, -0.05) is 23.6 Å². The van der Waals surface area contributed by atoms with Crippen LogP contribution in [0.1, 0.15) is 23.7 Å². The Hall–Kier alpha value is -1.22. The molecule has 0 saturated carbocycles. The van der Waals surface area contributed by atoms with Crippen LogP contribution in [-0.4, -0.2) is 26.1 Å². The number of nitrogens with zero attached hydrogens (tertiary/aromatic N) is 4. The van der Waals surface area contributed by atoms with Gasteiger partial charge in [0, 0.05) is 10.1 Å². The molecule has 0 saturated heterocycles. The van der Waals surface area contributed by atoms with Crippen LogP contribution in [0.2, 0.25) is 5.02 Å². The van der Waals surface area contributed by atoms with Crippen molar-refractivity contribution in [2.24, 2.45) is 0 Å². The van der Waals surface area contributed by atoms with E-state index in [2.05, 4.69) is 43.4 Å². The number of tetrazole rings is 1. The molecule has 2 aromatic rings. The van der Waals surface area contributed by atoms with Gasteiger partial charge < -0.3 is 0 Å². The highest BCUT2D eigenvalue weighted by Gasteiger charge is 2.14. The average Bonchev–Trinajstić information content (AvgIpc) is 2.80. The van der Waals surface area contributed by atoms with E-state index in [1.807, 2.05) is 13.0 Å². The van der Waals surface area contributed by atoms with Crippen LogP contribution in [0.4, 0.5) is 5.95 Å². The molecular formula is C11H11ClIN5O. The Morgan fingerprint density at radius 2 is 2.32 bits per heavy atom. The lowest BCUT2D eigenvalue weighted by atomic mass is 10.2. The number of benzene rings is 1. The lowest BCUT2D eigenvalue weighted by Crippen LogP contribution is -2.17. The maximum atomic E-state index is 12.1. The van der Waals surface area contributed by atoms with Gasteiger partial charge in [-0.25, -0.2) is 4.68 Å². The molecule has 1 aromatic carbocycles. The van der Waals surface area contributed by atoms with Gasteiger partial charge in [-0.2, -0.15) is 0 Å². The number of hydrogen-bond donors (Lipinski definition) is 1. The van der Waals surface area contributed by atoms with E-state index in [0.717, 1.165) is 9.99 Å². The van der Waals surface area contributed by atoms with E-state index in [9.17, 15) is 4.79 Å². The predicted molar refractivity (Wildman–Crippen MR) is 80.2 cm³/mol. The van der Waals surface area contributed by atoms with Crippen LogP contribution in [0.25, 0.3) is 0 Å². The molecule has 100 valence electrons. The molecule has 1 aromatic heterocycles. The number of nitrogens with one attached hydrogen (secondary N) is 1. The predicted octanol–water partition coefficient (Wildman–Crippen LogP) is 2.59. The zero-order valence-electron chi connectivity index (χ0n) is 10.1. The summed E-state index contributed by atoms with van der Waals surface area (Å²) in [6, 6.07) is 5.24. The fourth-order valence-corrected chi connectivity index (χ4v) is 2.19. The van der Waals surface area contributed by atoms with E-state index in [-0.39, 0.29) is 5.91 Å². The molecule has 19 heavy (non-hydrogen) atoms. The zero-order chi connectivity index (χ0) is 13.8. The van der Waals surface area contributed by atoms with Gasteiger partial charge in [0.15, 0.2) is 0 Å². The van der Waals surface area contributed by atoms with Crippen molar-refractivity contribution in [3.63, 3.8) is 0 Å². The van der Waals surface area contributed by atoms with Crippen molar-refractivity contribution in [2.45, 2.75) is 19.9 Å². The minimum Gasteiger partial charge on any atom is -0.289 e. The average molecular weight is 392 g/mol. The Balaban J connectivity index is 2.21. The van der Waals surface area contributed by atoms with Crippen molar-refractivity contribution in [1.82, 2.24) is 20.2 Å². The lowest BCUT2D eigenvalue weighted by molar-refractivity contribution is 0.102. The summed E-state index contributed by atoms with van der Waals surface area (Å²) in [6.45, 7) is 2.65. The number of rotatable bonds is 4. The number of aromatic nitrogens is 4. The minimum atomic E-state index is -0.323. The van der Waals surface area contributed by atoms with Crippen LogP contribution in [-0.2, 0) is 6.54 Å². The molecule has 0 aliphatic rings. The Kier molecular flexibility index (Phi) is 4.70. The first-order valence-electron chi connectivity index (χ1n) is 5.64. The van der Waals surface area contributed by atoms with E-state index in [4.69, 9.17) is 11.6 Å². The number of amides is 1. The standard InChI is InChI=1S/C11H11ClIN5O/c1-2-5-18-11(15-16-17-18)14-10(19)8-6-7(13)3-4-9(8)12/h3-4,6H,2,5H2,1H3,(H,14,15,17,19). The van der Waals surface area contributed by atoms with E-state index >= 15 is 0 Å². The van der Waals surface area contributed by atoms with Crippen molar-refractivity contribution in [1.29, 1.82) is 0 Å². The first-order valence-corrected chi connectivity index (χ1v) is 7.10. The van der Waals surface area contributed by atoms with Gasteiger partial charge in [-0.05, 0) is 57.6 Å². The van der Waals surface area contributed by atoms with Gasteiger partial charge >= 0.3 is 0 Å². The van der Waals surface area contributed by atoms with Gasteiger partial charge in [0.1, 0.15) is 0 Å². The summed E-state index contributed by atoms with van der Waals surface area (Å²) < 4.78 is 2.47. The monoisotopic (exact) mass is 391 g/mol. The number of carbonyl (C=O) groups is 1. The van der Waals surface area contributed by atoms with Gasteiger partial charge in [-0.3, -0.25) is 10.1 Å². The number of aryl methyl sites for hydroxylation is 1. The van der Waals surface area contributed by atoms with E-state index in [1.54, 1.807) is 16.8 Å². The number of anilines is 1. The third-order valence-corrected chi connectivity index (χ3v) is 3.37. The van der Waals surface area contributed by atoms with E-state index in [1.165, 1.54) is 0 Å². The third kappa shape index (κ3) is 3.41. The molecule has 0 spiro atoms. The molecule has 0 atom stereocenters. The summed E-state index contributed by atoms with van der Waals surface area (Å²) in [6.07, 6.45) is 0.873. The highest BCUT2D eigenvalue weighted by Crippen LogP contribution is 2.19. The minimum absolute atomic E-state index is 0.321. The first-order chi connectivity index (χ1) is 9.11. The van der Waals surface area contributed by atoms with Crippen LogP contribution in [0.3, 0.4) is 0 Å². The molecule has 1 amide bonds. The van der Waals surface area contributed by atoms with Crippen LogP contribution in [0, 0.1) is 3.57 Å². The summed E-state index contributed by atoms with van der Waals surface area (Å²) in [5.41, 5.74) is 0.402. The molecule has 6 nitrogen and oxygen atoms in total. The number of hydrogen-bond acceptors (Lipinski definition) is 4.